The summed E-state index contributed by atoms with van der Waals surface area (Å²) in [5.74, 6) is -0.339. The predicted octanol–water partition coefficient (Wildman–Crippen LogP) is 4.70. The molecule has 0 spiro atoms. The first-order valence-electron chi connectivity index (χ1n) is 10.2. The van der Waals surface area contributed by atoms with Crippen molar-refractivity contribution in [3.05, 3.63) is 71.3 Å². The van der Waals surface area contributed by atoms with E-state index in [1.54, 1.807) is 12.1 Å². The average Bonchev–Trinajstić information content (AvgIpc) is 2.73. The quantitative estimate of drug-likeness (QED) is 0.480. The molecule has 30 heavy (non-hydrogen) atoms. The zero-order valence-electron chi connectivity index (χ0n) is 17.3. The van der Waals surface area contributed by atoms with E-state index in [0.29, 0.717) is 5.56 Å². The molecular weight excluding hydrogens is 378 g/mol. The highest BCUT2D eigenvalue weighted by Gasteiger charge is 2.14. The minimum atomic E-state index is -0.934. The average molecular weight is 405 g/mol. The van der Waals surface area contributed by atoms with Crippen LogP contribution < -0.4 is 10.6 Å². The van der Waals surface area contributed by atoms with Crippen LogP contribution in [0.15, 0.2) is 54.6 Å². The Labute approximate surface area is 176 Å². The summed E-state index contributed by atoms with van der Waals surface area (Å²) in [7, 11) is 0. The van der Waals surface area contributed by atoms with E-state index >= 15 is 0 Å². The van der Waals surface area contributed by atoms with Gasteiger partial charge in [-0.3, -0.25) is 9.59 Å². The van der Waals surface area contributed by atoms with Crippen molar-refractivity contribution in [1.82, 2.24) is 10.3 Å². The third-order valence-electron chi connectivity index (χ3n) is 5.00. The fourth-order valence-corrected chi connectivity index (χ4v) is 3.40. The predicted molar refractivity (Wildman–Crippen MR) is 119 cm³/mol. The number of aromatic nitrogens is 1. The molecule has 0 radical (unpaired) electrons. The lowest BCUT2D eigenvalue weighted by Gasteiger charge is -2.21. The molecule has 0 saturated carbocycles. The van der Waals surface area contributed by atoms with Crippen molar-refractivity contribution in [2.24, 2.45) is 0 Å². The van der Waals surface area contributed by atoms with Crippen molar-refractivity contribution in [3.8, 4) is 0 Å². The number of anilines is 1. The number of para-hydroxylation sites is 1. The molecule has 0 bridgehead atoms. The molecule has 0 aliphatic heterocycles. The Bertz CT molecular complexity index is 1030. The van der Waals surface area contributed by atoms with Gasteiger partial charge in [0.15, 0.2) is 0 Å². The van der Waals surface area contributed by atoms with E-state index in [-0.39, 0.29) is 24.9 Å². The van der Waals surface area contributed by atoms with Gasteiger partial charge in [0.05, 0.1) is 18.0 Å². The first kappa shape index (κ1) is 21.3. The minimum absolute atomic E-state index is 0.0754. The van der Waals surface area contributed by atoms with Crippen molar-refractivity contribution in [2.45, 2.75) is 39.2 Å². The number of carboxylic acids is 1. The number of nitrogens with one attached hydrogen (secondary N) is 2. The van der Waals surface area contributed by atoms with Crippen LogP contribution in [0, 0.1) is 6.92 Å². The molecule has 3 rings (SSSR count). The molecule has 1 heterocycles. The Morgan fingerprint density at radius 3 is 2.53 bits per heavy atom. The Hall–Kier alpha value is -3.41. The molecule has 1 amide bonds. The van der Waals surface area contributed by atoms with E-state index in [9.17, 15) is 9.59 Å². The van der Waals surface area contributed by atoms with Crippen LogP contribution in [-0.4, -0.2) is 28.5 Å². The number of rotatable bonds is 9. The van der Waals surface area contributed by atoms with Gasteiger partial charge in [0.25, 0.3) is 5.91 Å². The van der Waals surface area contributed by atoms with Crippen LogP contribution in [0.25, 0.3) is 10.9 Å². The standard InChI is InChI=1S/C24H27N3O3/c1-3-6-20(26-23-16(2)15-19-7-4-5-8-21(19)27-23)17-9-11-18(12-10-17)24(30)25-14-13-22(28)29/h4-5,7-12,15,20H,3,6,13-14H2,1-2H3,(H,25,30)(H,26,27)(H,28,29)/t20-/m1/s1. The second kappa shape index (κ2) is 9.87. The van der Waals surface area contributed by atoms with Crippen molar-refractivity contribution in [3.63, 3.8) is 0 Å². The summed E-state index contributed by atoms with van der Waals surface area (Å²) in [6.07, 6.45) is 1.84. The fourth-order valence-electron chi connectivity index (χ4n) is 3.40. The highest BCUT2D eigenvalue weighted by molar-refractivity contribution is 5.94. The Balaban J connectivity index is 1.75. The lowest BCUT2D eigenvalue weighted by atomic mass is 10.00. The summed E-state index contributed by atoms with van der Waals surface area (Å²) < 4.78 is 0. The molecule has 3 aromatic rings. The van der Waals surface area contributed by atoms with Crippen LogP contribution in [0.3, 0.4) is 0 Å². The molecular formula is C24H27N3O3. The number of fused-ring (bicyclic) bond motifs is 1. The maximum atomic E-state index is 12.2. The highest BCUT2D eigenvalue weighted by Crippen LogP contribution is 2.27. The molecule has 0 aliphatic carbocycles. The Morgan fingerprint density at radius 2 is 1.83 bits per heavy atom. The van der Waals surface area contributed by atoms with Gasteiger partial charge in [-0.15, -0.1) is 0 Å². The Kier molecular flexibility index (Phi) is 7.01. The summed E-state index contributed by atoms with van der Waals surface area (Å²) in [5, 5.41) is 16.0. The van der Waals surface area contributed by atoms with Crippen LogP contribution in [-0.2, 0) is 4.79 Å². The number of hydrogen-bond acceptors (Lipinski definition) is 4. The van der Waals surface area contributed by atoms with Crippen LogP contribution >= 0.6 is 0 Å². The van der Waals surface area contributed by atoms with Gasteiger partial charge in [-0.25, -0.2) is 4.98 Å². The van der Waals surface area contributed by atoms with E-state index < -0.39 is 5.97 Å². The number of benzene rings is 2. The molecule has 0 unspecified atom stereocenters. The first-order chi connectivity index (χ1) is 14.5. The second-order valence-corrected chi connectivity index (χ2v) is 7.35. The SMILES string of the molecule is CCC[C@@H](Nc1nc2ccccc2cc1C)c1ccc(C(=O)NCCC(=O)O)cc1. The van der Waals surface area contributed by atoms with Gasteiger partial charge >= 0.3 is 5.97 Å². The topological polar surface area (TPSA) is 91.3 Å². The summed E-state index contributed by atoms with van der Waals surface area (Å²) >= 11 is 0. The maximum absolute atomic E-state index is 12.2. The molecule has 1 aromatic heterocycles. The van der Waals surface area contributed by atoms with Crippen LogP contribution in [0.2, 0.25) is 0 Å². The first-order valence-corrected chi connectivity index (χ1v) is 10.2. The Morgan fingerprint density at radius 1 is 1.10 bits per heavy atom. The van der Waals surface area contributed by atoms with E-state index in [4.69, 9.17) is 10.1 Å². The number of nitrogens with zero attached hydrogens (tertiary/aromatic N) is 1. The maximum Gasteiger partial charge on any atom is 0.305 e. The van der Waals surface area contributed by atoms with Gasteiger partial charge in [0.1, 0.15) is 5.82 Å². The molecule has 0 fully saturated rings. The van der Waals surface area contributed by atoms with E-state index in [1.807, 2.05) is 30.3 Å². The van der Waals surface area contributed by atoms with E-state index in [1.165, 1.54) is 0 Å². The molecule has 6 heteroatoms. The van der Waals surface area contributed by atoms with Crippen LogP contribution in [0.1, 0.15) is 53.7 Å². The number of hydrogen-bond donors (Lipinski definition) is 3. The van der Waals surface area contributed by atoms with Crippen molar-refractivity contribution in [2.75, 3.05) is 11.9 Å². The number of pyridine rings is 1. The van der Waals surface area contributed by atoms with E-state index in [0.717, 1.165) is 40.7 Å². The van der Waals surface area contributed by atoms with Crippen molar-refractivity contribution >= 4 is 28.6 Å². The van der Waals surface area contributed by atoms with Crippen molar-refractivity contribution in [1.29, 1.82) is 0 Å². The number of aliphatic carboxylic acids is 1. The van der Waals surface area contributed by atoms with Crippen molar-refractivity contribution < 1.29 is 14.7 Å². The number of amides is 1. The summed E-state index contributed by atoms with van der Waals surface area (Å²) in [4.78, 5) is 27.5. The minimum Gasteiger partial charge on any atom is -0.481 e. The lowest BCUT2D eigenvalue weighted by molar-refractivity contribution is -0.136. The molecule has 0 aliphatic rings. The number of carbonyl (C=O) groups excluding carboxylic acids is 1. The molecule has 0 saturated heterocycles. The van der Waals surface area contributed by atoms with Crippen LogP contribution in [0.4, 0.5) is 5.82 Å². The zero-order valence-corrected chi connectivity index (χ0v) is 17.3. The zero-order chi connectivity index (χ0) is 21.5. The third-order valence-corrected chi connectivity index (χ3v) is 5.00. The number of carbonyl (C=O) groups is 2. The van der Waals surface area contributed by atoms with Gasteiger partial charge in [-0.1, -0.05) is 43.7 Å². The third kappa shape index (κ3) is 5.35. The van der Waals surface area contributed by atoms with Gasteiger partial charge in [-0.05, 0) is 48.7 Å². The number of carboxylic acid groups (broad SMARTS) is 1. The van der Waals surface area contributed by atoms with Gasteiger partial charge < -0.3 is 15.7 Å². The number of aryl methyl sites for hydroxylation is 1. The smallest absolute Gasteiger partial charge is 0.305 e. The molecule has 6 nitrogen and oxygen atoms in total. The molecule has 156 valence electrons. The second-order valence-electron chi connectivity index (χ2n) is 7.35. The summed E-state index contributed by atoms with van der Waals surface area (Å²) in [5.41, 5.74) is 3.63. The summed E-state index contributed by atoms with van der Waals surface area (Å²) in [6, 6.07) is 17.7. The molecule has 1 atom stereocenters. The molecule has 2 aromatic carbocycles. The lowest BCUT2D eigenvalue weighted by Crippen LogP contribution is -2.26. The highest BCUT2D eigenvalue weighted by atomic mass is 16.4. The fraction of sp³-hybridized carbons (Fsp3) is 0.292. The monoisotopic (exact) mass is 405 g/mol. The molecule has 3 N–H and O–H groups in total. The van der Waals surface area contributed by atoms with Crippen LogP contribution in [0.5, 0.6) is 0 Å². The normalized spacial score (nSPS) is 11.8. The van der Waals surface area contributed by atoms with E-state index in [2.05, 4.69) is 36.6 Å². The largest absolute Gasteiger partial charge is 0.481 e. The van der Waals surface area contributed by atoms with Gasteiger partial charge in [-0.2, -0.15) is 0 Å². The van der Waals surface area contributed by atoms with Gasteiger partial charge in [0, 0.05) is 17.5 Å². The summed E-state index contributed by atoms with van der Waals surface area (Å²) in [6.45, 7) is 4.30. The van der Waals surface area contributed by atoms with Gasteiger partial charge in [0.2, 0.25) is 0 Å².